The Balaban J connectivity index is 3.08. The van der Waals surface area contributed by atoms with Gasteiger partial charge in [0.25, 0.3) is 5.69 Å². The topological polar surface area (TPSA) is 89.8 Å². The number of anilines is 1. The molecule has 94 valence electrons. The highest BCUT2D eigenvalue weighted by Gasteiger charge is 2.17. The van der Waals surface area contributed by atoms with Gasteiger partial charge in [0.15, 0.2) is 0 Å². The van der Waals surface area contributed by atoms with Gasteiger partial charge in [-0.1, -0.05) is 0 Å². The average Bonchev–Trinajstić information content (AvgIpc) is 2.24. The monoisotopic (exact) mass is 260 g/mol. The summed E-state index contributed by atoms with van der Waals surface area (Å²) in [7, 11) is -2.11. The summed E-state index contributed by atoms with van der Waals surface area (Å²) in [5.74, 6) is 0. The molecule has 0 aliphatic heterocycles. The molecule has 0 amide bonds. The Morgan fingerprint density at radius 3 is 2.24 bits per heavy atom. The number of nitrogens with zero attached hydrogens (tertiary/aromatic N) is 2. The van der Waals surface area contributed by atoms with E-state index in [0.29, 0.717) is 5.69 Å². The molecule has 1 rings (SSSR count). The van der Waals surface area contributed by atoms with Crippen molar-refractivity contribution in [2.45, 2.75) is 0 Å². The van der Waals surface area contributed by atoms with E-state index in [1.165, 1.54) is 31.4 Å². The summed E-state index contributed by atoms with van der Waals surface area (Å²) in [6.07, 6.45) is 1.04. The molecule has 1 aromatic carbocycles. The van der Waals surface area contributed by atoms with Gasteiger partial charge in [-0.2, -0.15) is 0 Å². The SMILES string of the molecule is COCN(c1ccc([N+](=O)[O-])cc1)S(C)(=O)=O. The van der Waals surface area contributed by atoms with Crippen LogP contribution in [0.5, 0.6) is 0 Å². The van der Waals surface area contributed by atoms with Crippen LogP contribution in [0, 0.1) is 10.1 Å². The molecule has 0 saturated carbocycles. The van der Waals surface area contributed by atoms with E-state index in [1.807, 2.05) is 0 Å². The van der Waals surface area contributed by atoms with Gasteiger partial charge < -0.3 is 4.74 Å². The molecule has 0 unspecified atom stereocenters. The van der Waals surface area contributed by atoms with Crippen molar-refractivity contribution in [1.29, 1.82) is 0 Å². The number of nitro groups is 1. The number of methoxy groups -OCH3 is 1. The Morgan fingerprint density at radius 2 is 1.88 bits per heavy atom. The largest absolute Gasteiger partial charge is 0.363 e. The highest BCUT2D eigenvalue weighted by atomic mass is 32.2. The first-order chi connectivity index (χ1) is 7.86. The number of nitro benzene ring substituents is 1. The van der Waals surface area contributed by atoms with Gasteiger partial charge in [0.2, 0.25) is 10.0 Å². The van der Waals surface area contributed by atoms with E-state index in [0.717, 1.165) is 10.6 Å². The fourth-order valence-electron chi connectivity index (χ4n) is 1.22. The molecular weight excluding hydrogens is 248 g/mol. The third-order valence-corrected chi connectivity index (χ3v) is 3.11. The van der Waals surface area contributed by atoms with E-state index in [1.54, 1.807) is 0 Å². The van der Waals surface area contributed by atoms with Crippen molar-refractivity contribution in [3.8, 4) is 0 Å². The molecule has 1 aromatic rings. The first-order valence-corrected chi connectivity index (χ1v) is 6.42. The van der Waals surface area contributed by atoms with Crippen molar-refractivity contribution in [2.75, 3.05) is 24.4 Å². The van der Waals surface area contributed by atoms with Crippen LogP contribution in [-0.2, 0) is 14.8 Å². The fraction of sp³-hybridized carbons (Fsp3) is 0.333. The van der Waals surface area contributed by atoms with Gasteiger partial charge in [-0.3, -0.25) is 10.1 Å². The lowest BCUT2D eigenvalue weighted by molar-refractivity contribution is -0.384. The second kappa shape index (κ2) is 5.11. The number of hydrogen-bond acceptors (Lipinski definition) is 5. The summed E-state index contributed by atoms with van der Waals surface area (Å²) < 4.78 is 28.7. The van der Waals surface area contributed by atoms with E-state index >= 15 is 0 Å². The Bertz CT molecular complexity index is 497. The van der Waals surface area contributed by atoms with Crippen LogP contribution in [0.3, 0.4) is 0 Å². The fourth-order valence-corrected chi connectivity index (χ4v) is 2.02. The smallest absolute Gasteiger partial charge is 0.269 e. The zero-order valence-electron chi connectivity index (χ0n) is 9.36. The summed E-state index contributed by atoms with van der Waals surface area (Å²) in [6.45, 7) is -0.142. The Kier molecular flexibility index (Phi) is 4.02. The minimum Gasteiger partial charge on any atom is -0.363 e. The maximum absolute atomic E-state index is 11.5. The molecule has 7 nitrogen and oxygen atoms in total. The van der Waals surface area contributed by atoms with Gasteiger partial charge in [0.05, 0.1) is 16.9 Å². The van der Waals surface area contributed by atoms with Crippen LogP contribution >= 0.6 is 0 Å². The van der Waals surface area contributed by atoms with Crippen LogP contribution < -0.4 is 4.31 Å². The minimum absolute atomic E-state index is 0.0976. The van der Waals surface area contributed by atoms with Crippen molar-refractivity contribution in [2.24, 2.45) is 0 Å². The maximum Gasteiger partial charge on any atom is 0.269 e. The quantitative estimate of drug-likeness (QED) is 0.447. The normalized spacial score (nSPS) is 11.2. The summed E-state index contributed by atoms with van der Waals surface area (Å²) >= 11 is 0. The van der Waals surface area contributed by atoms with Gasteiger partial charge >= 0.3 is 0 Å². The van der Waals surface area contributed by atoms with Crippen LogP contribution in [0.15, 0.2) is 24.3 Å². The van der Waals surface area contributed by atoms with Crippen molar-refractivity contribution >= 4 is 21.4 Å². The zero-order chi connectivity index (χ0) is 13.1. The lowest BCUT2D eigenvalue weighted by Gasteiger charge is -2.20. The molecule has 0 atom stereocenters. The number of ether oxygens (including phenoxy) is 1. The second-order valence-electron chi connectivity index (χ2n) is 3.30. The van der Waals surface area contributed by atoms with Crippen molar-refractivity contribution in [3.63, 3.8) is 0 Å². The van der Waals surface area contributed by atoms with E-state index in [9.17, 15) is 18.5 Å². The molecule has 0 fully saturated rings. The first-order valence-electron chi connectivity index (χ1n) is 4.57. The van der Waals surface area contributed by atoms with Gasteiger partial charge in [-0.25, -0.2) is 12.7 Å². The van der Waals surface area contributed by atoms with Gasteiger partial charge in [0, 0.05) is 19.2 Å². The Morgan fingerprint density at radius 1 is 1.35 bits per heavy atom. The van der Waals surface area contributed by atoms with Crippen molar-refractivity contribution in [3.05, 3.63) is 34.4 Å². The molecule has 0 aliphatic carbocycles. The number of hydrogen-bond donors (Lipinski definition) is 0. The molecule has 0 bridgehead atoms. The lowest BCUT2D eigenvalue weighted by atomic mass is 10.3. The molecule has 0 heterocycles. The summed E-state index contributed by atoms with van der Waals surface area (Å²) in [5.41, 5.74) is 0.222. The van der Waals surface area contributed by atoms with Crippen LogP contribution in [0.2, 0.25) is 0 Å². The van der Waals surface area contributed by atoms with Crippen LogP contribution in [0.4, 0.5) is 11.4 Å². The van der Waals surface area contributed by atoms with Crippen LogP contribution in [0.1, 0.15) is 0 Å². The van der Waals surface area contributed by atoms with Crippen molar-refractivity contribution < 1.29 is 18.1 Å². The molecule has 0 radical (unpaired) electrons. The number of benzene rings is 1. The van der Waals surface area contributed by atoms with Gasteiger partial charge in [0.1, 0.15) is 6.73 Å². The highest BCUT2D eigenvalue weighted by molar-refractivity contribution is 7.92. The summed E-state index contributed by atoms with van der Waals surface area (Å²) in [5, 5.41) is 10.5. The Labute approximate surface area is 98.8 Å². The molecule has 17 heavy (non-hydrogen) atoms. The van der Waals surface area contributed by atoms with E-state index in [4.69, 9.17) is 4.74 Å². The third kappa shape index (κ3) is 3.40. The number of non-ortho nitro benzene ring substituents is 1. The molecular formula is C9H12N2O5S. The molecule has 0 aromatic heterocycles. The van der Waals surface area contributed by atoms with E-state index in [2.05, 4.69) is 0 Å². The molecule has 0 saturated heterocycles. The van der Waals surface area contributed by atoms with E-state index in [-0.39, 0.29) is 12.4 Å². The average molecular weight is 260 g/mol. The zero-order valence-corrected chi connectivity index (χ0v) is 10.2. The Hall–Kier alpha value is -1.67. The van der Waals surface area contributed by atoms with Gasteiger partial charge in [-0.15, -0.1) is 0 Å². The molecule has 0 N–H and O–H groups in total. The lowest BCUT2D eigenvalue weighted by Crippen LogP contribution is -2.31. The maximum atomic E-state index is 11.5. The first kappa shape index (κ1) is 13.4. The van der Waals surface area contributed by atoms with Crippen LogP contribution in [0.25, 0.3) is 0 Å². The summed E-state index contributed by atoms with van der Waals surface area (Å²) in [4.78, 5) is 9.90. The van der Waals surface area contributed by atoms with E-state index < -0.39 is 14.9 Å². The standard InChI is InChI=1S/C9H12N2O5S/c1-16-7-10(17(2,14)15)8-3-5-9(6-4-8)11(12)13/h3-6H,7H2,1-2H3. The molecule has 0 spiro atoms. The number of sulfonamides is 1. The second-order valence-corrected chi connectivity index (χ2v) is 5.21. The predicted octanol–water partition coefficient (Wildman–Crippen LogP) is 0.965. The number of rotatable bonds is 5. The van der Waals surface area contributed by atoms with Gasteiger partial charge in [-0.05, 0) is 12.1 Å². The molecule has 0 aliphatic rings. The summed E-state index contributed by atoms with van der Waals surface area (Å²) in [6, 6.07) is 5.20. The van der Waals surface area contributed by atoms with Crippen LogP contribution in [-0.4, -0.2) is 33.4 Å². The van der Waals surface area contributed by atoms with Crippen molar-refractivity contribution in [1.82, 2.24) is 0 Å². The molecule has 8 heteroatoms. The highest BCUT2D eigenvalue weighted by Crippen LogP contribution is 2.21. The predicted molar refractivity (Wildman–Crippen MR) is 62.3 cm³/mol. The minimum atomic E-state index is -3.47. The third-order valence-electron chi connectivity index (χ3n) is 2.00.